The zero-order valence-corrected chi connectivity index (χ0v) is 17.0. The Kier molecular flexibility index (Phi) is 6.94. The second-order valence-electron chi connectivity index (χ2n) is 6.69. The second kappa shape index (κ2) is 9.82. The Morgan fingerprint density at radius 3 is 2.34 bits per heavy atom. The van der Waals surface area contributed by atoms with Crippen molar-refractivity contribution in [3.63, 3.8) is 0 Å². The van der Waals surface area contributed by atoms with Crippen molar-refractivity contribution in [2.75, 3.05) is 17.7 Å². The predicted octanol–water partition coefficient (Wildman–Crippen LogP) is 5.80. The number of methoxy groups -OCH3 is 1. The minimum atomic E-state index is -4.52. The lowest BCUT2D eigenvalue weighted by Crippen LogP contribution is -2.13. The van der Waals surface area contributed by atoms with Crippen LogP contribution in [0.4, 0.5) is 24.5 Å². The topological polar surface area (TPSA) is 74.2 Å². The molecule has 0 radical (unpaired) electrons. The highest BCUT2D eigenvalue weighted by atomic mass is 19.4. The normalized spacial score (nSPS) is 11.2. The average molecular weight is 439 g/mol. The number of rotatable bonds is 6. The fraction of sp³-hybridized carbons (Fsp3) is 0.0833. The van der Waals surface area contributed by atoms with Crippen LogP contribution < -0.4 is 15.4 Å². The van der Waals surface area contributed by atoms with E-state index < -0.39 is 17.6 Å². The number of amides is 1. The average Bonchev–Trinajstić information content (AvgIpc) is 2.78. The van der Waals surface area contributed by atoms with Gasteiger partial charge in [-0.1, -0.05) is 48.5 Å². The maximum Gasteiger partial charge on any atom is 0.416 e. The van der Waals surface area contributed by atoms with Crippen molar-refractivity contribution >= 4 is 29.2 Å². The molecule has 0 saturated carbocycles. The smallest absolute Gasteiger partial charge is 0.416 e. The van der Waals surface area contributed by atoms with E-state index in [2.05, 4.69) is 10.6 Å². The van der Waals surface area contributed by atoms with E-state index in [0.717, 1.165) is 18.2 Å². The second-order valence-corrected chi connectivity index (χ2v) is 6.69. The highest BCUT2D eigenvalue weighted by molar-refractivity contribution is 6.07. The molecule has 1 amide bonds. The van der Waals surface area contributed by atoms with Gasteiger partial charge in [-0.15, -0.1) is 0 Å². The summed E-state index contributed by atoms with van der Waals surface area (Å²) < 4.78 is 44.6. The van der Waals surface area contributed by atoms with Gasteiger partial charge in [0.15, 0.2) is 0 Å². The van der Waals surface area contributed by atoms with Crippen LogP contribution in [0.3, 0.4) is 0 Å². The summed E-state index contributed by atoms with van der Waals surface area (Å²) in [6.07, 6.45) is -2.39. The third-order valence-electron chi connectivity index (χ3n) is 4.47. The van der Waals surface area contributed by atoms with E-state index in [-0.39, 0.29) is 11.4 Å². The van der Waals surface area contributed by atoms with Crippen LogP contribution in [0.15, 0.2) is 78.9 Å². The van der Waals surface area contributed by atoms with Crippen LogP contribution in [0.5, 0.6) is 5.75 Å². The van der Waals surface area contributed by atoms with E-state index in [1.54, 1.807) is 30.3 Å². The van der Waals surface area contributed by atoms with E-state index in [1.165, 1.54) is 25.3 Å². The van der Waals surface area contributed by atoms with Gasteiger partial charge in [0.25, 0.3) is 0 Å². The molecule has 5 nitrogen and oxygen atoms in total. The number of benzene rings is 3. The number of amidine groups is 1. The summed E-state index contributed by atoms with van der Waals surface area (Å²) in [6, 6.07) is 18.9. The summed E-state index contributed by atoms with van der Waals surface area (Å²) in [5.41, 5.74) is 0.569. The van der Waals surface area contributed by atoms with Gasteiger partial charge in [-0.2, -0.15) is 13.2 Å². The molecular weight excluding hydrogens is 419 g/mol. The van der Waals surface area contributed by atoms with Crippen LogP contribution in [0.25, 0.3) is 6.08 Å². The molecule has 3 N–H and O–H groups in total. The molecule has 0 heterocycles. The zero-order valence-electron chi connectivity index (χ0n) is 17.0. The van der Waals surface area contributed by atoms with Gasteiger partial charge in [0, 0.05) is 17.3 Å². The number of alkyl halides is 3. The molecule has 0 fully saturated rings. The van der Waals surface area contributed by atoms with Gasteiger partial charge in [-0.25, -0.2) is 0 Å². The monoisotopic (exact) mass is 439 g/mol. The Bertz CT molecular complexity index is 1140. The van der Waals surface area contributed by atoms with Gasteiger partial charge >= 0.3 is 6.18 Å². The standard InChI is InChI=1S/C24H20F3N3O2/c1-32-21-13-12-18(29-23(28)17-8-3-2-4-9-17)15-20(21)30-22(31)14-11-16-7-5-6-10-19(16)24(25,26)27/h2-15H,1H3,(H2,28,29)(H,30,31)/b14-11+. The summed E-state index contributed by atoms with van der Waals surface area (Å²) in [5, 5.41) is 13.7. The lowest BCUT2D eigenvalue weighted by Gasteiger charge is -2.13. The van der Waals surface area contributed by atoms with Crippen molar-refractivity contribution in [1.29, 1.82) is 5.41 Å². The first-order chi connectivity index (χ1) is 15.3. The molecular formula is C24H20F3N3O2. The van der Waals surface area contributed by atoms with Crippen LogP contribution >= 0.6 is 0 Å². The number of nitrogens with one attached hydrogen (secondary N) is 3. The van der Waals surface area contributed by atoms with E-state index >= 15 is 0 Å². The van der Waals surface area contributed by atoms with Crippen molar-refractivity contribution in [2.45, 2.75) is 6.18 Å². The van der Waals surface area contributed by atoms with Gasteiger partial charge in [0.1, 0.15) is 11.6 Å². The number of carbonyl (C=O) groups is 1. The van der Waals surface area contributed by atoms with E-state index in [4.69, 9.17) is 10.1 Å². The van der Waals surface area contributed by atoms with Crippen molar-refractivity contribution in [2.24, 2.45) is 0 Å². The lowest BCUT2D eigenvalue weighted by molar-refractivity contribution is -0.137. The van der Waals surface area contributed by atoms with Gasteiger partial charge in [-0.3, -0.25) is 10.2 Å². The molecule has 3 aromatic rings. The lowest BCUT2D eigenvalue weighted by atomic mass is 10.1. The first-order valence-electron chi connectivity index (χ1n) is 9.52. The molecule has 0 unspecified atom stereocenters. The largest absolute Gasteiger partial charge is 0.495 e. The minimum Gasteiger partial charge on any atom is -0.495 e. The SMILES string of the molecule is COc1ccc(NC(=N)c2ccccc2)cc1NC(=O)/C=C/c1ccccc1C(F)(F)F. The fourth-order valence-electron chi connectivity index (χ4n) is 2.95. The molecule has 0 aliphatic rings. The fourth-order valence-corrected chi connectivity index (χ4v) is 2.95. The molecule has 0 aliphatic heterocycles. The molecule has 3 rings (SSSR count). The highest BCUT2D eigenvalue weighted by Gasteiger charge is 2.32. The number of ether oxygens (including phenoxy) is 1. The molecule has 164 valence electrons. The van der Waals surface area contributed by atoms with Gasteiger partial charge in [0.05, 0.1) is 18.4 Å². The van der Waals surface area contributed by atoms with Crippen LogP contribution in [-0.4, -0.2) is 18.9 Å². The van der Waals surface area contributed by atoms with Gasteiger partial charge in [-0.05, 0) is 35.9 Å². The first kappa shape index (κ1) is 22.6. The molecule has 0 spiro atoms. The number of carbonyl (C=O) groups excluding carboxylic acids is 1. The van der Waals surface area contributed by atoms with E-state index in [9.17, 15) is 18.0 Å². The number of hydrogen-bond donors (Lipinski definition) is 3. The van der Waals surface area contributed by atoms with Crippen molar-refractivity contribution in [1.82, 2.24) is 0 Å². The number of anilines is 2. The number of halogens is 3. The van der Waals surface area contributed by atoms with Crippen LogP contribution in [0, 0.1) is 5.41 Å². The summed E-state index contributed by atoms with van der Waals surface area (Å²) >= 11 is 0. The quantitative estimate of drug-likeness (QED) is 0.258. The summed E-state index contributed by atoms with van der Waals surface area (Å²) in [5.74, 6) is -0.105. The molecule has 8 heteroatoms. The van der Waals surface area contributed by atoms with Gasteiger partial charge in [0.2, 0.25) is 5.91 Å². The zero-order chi connectivity index (χ0) is 23.1. The summed E-state index contributed by atoms with van der Waals surface area (Å²) in [7, 11) is 1.43. The molecule has 32 heavy (non-hydrogen) atoms. The maximum atomic E-state index is 13.1. The molecule has 3 aromatic carbocycles. The first-order valence-corrected chi connectivity index (χ1v) is 9.52. The molecule has 0 bridgehead atoms. The Morgan fingerprint density at radius 2 is 1.66 bits per heavy atom. The third-order valence-corrected chi connectivity index (χ3v) is 4.47. The van der Waals surface area contributed by atoms with Gasteiger partial charge < -0.3 is 15.4 Å². The van der Waals surface area contributed by atoms with E-state index in [1.807, 2.05) is 18.2 Å². The Balaban J connectivity index is 1.76. The Morgan fingerprint density at radius 1 is 0.969 bits per heavy atom. The van der Waals surface area contributed by atoms with E-state index in [0.29, 0.717) is 22.7 Å². The number of hydrogen-bond acceptors (Lipinski definition) is 3. The van der Waals surface area contributed by atoms with Crippen molar-refractivity contribution in [3.8, 4) is 5.75 Å². The van der Waals surface area contributed by atoms with Crippen molar-refractivity contribution < 1.29 is 22.7 Å². The summed E-state index contributed by atoms with van der Waals surface area (Å²) in [4.78, 5) is 12.4. The van der Waals surface area contributed by atoms with Crippen LogP contribution in [0.1, 0.15) is 16.7 Å². The molecule has 0 saturated heterocycles. The van der Waals surface area contributed by atoms with Crippen LogP contribution in [-0.2, 0) is 11.0 Å². The molecule has 0 atom stereocenters. The highest BCUT2D eigenvalue weighted by Crippen LogP contribution is 2.32. The van der Waals surface area contributed by atoms with Crippen molar-refractivity contribution in [3.05, 3.63) is 95.6 Å². The Labute approximate surface area is 183 Å². The summed E-state index contributed by atoms with van der Waals surface area (Å²) in [6.45, 7) is 0. The maximum absolute atomic E-state index is 13.1. The minimum absolute atomic E-state index is 0.117. The molecule has 0 aromatic heterocycles. The third kappa shape index (κ3) is 5.75. The predicted molar refractivity (Wildman–Crippen MR) is 119 cm³/mol. The molecule has 0 aliphatic carbocycles. The van der Waals surface area contributed by atoms with Crippen LogP contribution in [0.2, 0.25) is 0 Å². The Hall–Kier alpha value is -4.07.